The predicted octanol–water partition coefficient (Wildman–Crippen LogP) is 6.07. The first kappa shape index (κ1) is 22.3. The number of nitrogens with one attached hydrogen (secondary N) is 1. The first-order chi connectivity index (χ1) is 16.5. The summed E-state index contributed by atoms with van der Waals surface area (Å²) in [5.74, 6) is 0.981. The minimum Gasteiger partial charge on any atom is -0.465 e. The third-order valence-corrected chi connectivity index (χ3v) is 6.53. The van der Waals surface area contributed by atoms with E-state index < -0.39 is 5.97 Å². The summed E-state index contributed by atoms with van der Waals surface area (Å²) in [7, 11) is 1.37. The molecule has 1 saturated heterocycles. The second kappa shape index (κ2) is 9.40. The van der Waals surface area contributed by atoms with E-state index in [0.717, 1.165) is 27.2 Å². The van der Waals surface area contributed by atoms with Crippen LogP contribution in [0, 0.1) is 0 Å². The summed E-state index contributed by atoms with van der Waals surface area (Å²) in [5, 5.41) is 4.02. The third-order valence-electron chi connectivity index (χ3n) is 5.69. The number of benzene rings is 2. The summed E-state index contributed by atoms with van der Waals surface area (Å²) < 4.78 is 12.2. The molecule has 5 rings (SSSR count). The van der Waals surface area contributed by atoms with Gasteiger partial charge >= 0.3 is 5.97 Å². The predicted molar refractivity (Wildman–Crippen MR) is 138 cm³/mol. The highest BCUT2D eigenvalue weighted by Crippen LogP contribution is 2.43. The number of rotatable bonds is 5. The number of halogens is 1. The van der Waals surface area contributed by atoms with Crippen molar-refractivity contribution >= 4 is 44.9 Å². The molecule has 2 aromatic carbocycles. The highest BCUT2D eigenvalue weighted by molar-refractivity contribution is 9.10. The Hall–Kier alpha value is -3.49. The maximum Gasteiger partial charge on any atom is 0.337 e. The molecule has 0 bridgehead atoms. The van der Waals surface area contributed by atoms with Crippen LogP contribution in [0.4, 0.5) is 5.69 Å². The number of anilines is 1. The second-order valence-corrected chi connectivity index (χ2v) is 9.05. The number of ether oxygens (including phenoxy) is 1. The molecule has 3 heterocycles. The Balaban J connectivity index is 1.57. The van der Waals surface area contributed by atoms with Crippen molar-refractivity contribution in [3.8, 4) is 11.3 Å². The van der Waals surface area contributed by atoms with Crippen molar-refractivity contribution < 1.29 is 13.9 Å². The van der Waals surface area contributed by atoms with Gasteiger partial charge in [0.2, 0.25) is 0 Å². The number of hydrogen-bond acceptors (Lipinski definition) is 5. The number of pyridine rings is 1. The maximum absolute atomic E-state index is 12.0. The van der Waals surface area contributed by atoms with Crippen LogP contribution in [-0.2, 0) is 4.74 Å². The van der Waals surface area contributed by atoms with E-state index in [0.29, 0.717) is 16.4 Å². The molecule has 2 aromatic heterocycles. The van der Waals surface area contributed by atoms with Crippen LogP contribution in [0.5, 0.6) is 0 Å². The molecule has 2 atom stereocenters. The van der Waals surface area contributed by atoms with E-state index in [9.17, 15) is 4.79 Å². The molecular weight excluding hydrogens is 514 g/mol. The first-order valence-electron chi connectivity index (χ1n) is 10.6. The molecule has 1 fully saturated rings. The van der Waals surface area contributed by atoms with Gasteiger partial charge in [0.25, 0.3) is 0 Å². The quantitative estimate of drug-likeness (QED) is 0.246. The van der Waals surface area contributed by atoms with Gasteiger partial charge in [-0.15, -0.1) is 0 Å². The number of hydrogen-bond donors (Lipinski definition) is 1. The molecule has 1 aliphatic heterocycles. The van der Waals surface area contributed by atoms with Gasteiger partial charge < -0.3 is 19.4 Å². The van der Waals surface area contributed by atoms with E-state index in [1.54, 1.807) is 24.4 Å². The molecule has 2 unspecified atom stereocenters. The van der Waals surface area contributed by atoms with Gasteiger partial charge in [0.1, 0.15) is 17.6 Å². The number of furan rings is 1. The van der Waals surface area contributed by atoms with Crippen LogP contribution < -0.4 is 10.2 Å². The van der Waals surface area contributed by atoms with Gasteiger partial charge in [0, 0.05) is 21.9 Å². The molecule has 0 aliphatic carbocycles. The van der Waals surface area contributed by atoms with Crippen molar-refractivity contribution in [1.82, 2.24) is 10.3 Å². The number of carbonyl (C=O) groups is 1. The zero-order chi connectivity index (χ0) is 23.7. The lowest BCUT2D eigenvalue weighted by Crippen LogP contribution is -2.29. The van der Waals surface area contributed by atoms with Crippen LogP contribution in [0.2, 0.25) is 0 Å². The monoisotopic (exact) mass is 533 g/mol. The van der Waals surface area contributed by atoms with E-state index in [4.69, 9.17) is 21.4 Å². The van der Waals surface area contributed by atoms with Crippen molar-refractivity contribution in [2.24, 2.45) is 0 Å². The average molecular weight is 534 g/mol. The topological polar surface area (TPSA) is 67.6 Å². The summed E-state index contributed by atoms with van der Waals surface area (Å²) >= 11 is 9.25. The Morgan fingerprint density at radius 1 is 1.09 bits per heavy atom. The maximum atomic E-state index is 12.0. The molecule has 170 valence electrons. The fourth-order valence-corrected chi connectivity index (χ4v) is 4.72. The van der Waals surface area contributed by atoms with Gasteiger partial charge in [-0.1, -0.05) is 34.1 Å². The van der Waals surface area contributed by atoms with Gasteiger partial charge in [0.15, 0.2) is 5.11 Å². The summed E-state index contributed by atoms with van der Waals surface area (Å²) in [4.78, 5) is 18.6. The van der Waals surface area contributed by atoms with Gasteiger partial charge in [-0.25, -0.2) is 4.79 Å². The summed E-state index contributed by atoms with van der Waals surface area (Å²) in [6.45, 7) is 0. The van der Waals surface area contributed by atoms with Crippen molar-refractivity contribution in [1.29, 1.82) is 0 Å². The normalized spacial score (nSPS) is 17.5. The Kier molecular flexibility index (Phi) is 6.17. The van der Waals surface area contributed by atoms with E-state index >= 15 is 0 Å². The molecule has 0 spiro atoms. The number of esters is 1. The zero-order valence-corrected chi connectivity index (χ0v) is 20.5. The minimum atomic E-state index is -0.393. The molecule has 34 heavy (non-hydrogen) atoms. The van der Waals surface area contributed by atoms with Crippen LogP contribution in [0.15, 0.2) is 93.9 Å². The summed E-state index contributed by atoms with van der Waals surface area (Å²) in [6, 6.07) is 24.4. The van der Waals surface area contributed by atoms with E-state index in [1.165, 1.54) is 7.11 Å². The highest BCUT2D eigenvalue weighted by Gasteiger charge is 2.42. The zero-order valence-electron chi connectivity index (χ0n) is 18.1. The SMILES string of the molecule is COC(=O)c1cccc(-c2ccc(C3C(c4ccccn4)NC(=S)N3c3ccc(Br)cc3)o2)c1. The molecule has 0 saturated carbocycles. The number of nitrogens with zero attached hydrogens (tertiary/aromatic N) is 2. The Bertz CT molecular complexity index is 1340. The van der Waals surface area contributed by atoms with Gasteiger partial charge in [0.05, 0.1) is 24.4 Å². The molecule has 4 aromatic rings. The van der Waals surface area contributed by atoms with Gasteiger partial charge in [-0.3, -0.25) is 4.98 Å². The lowest BCUT2D eigenvalue weighted by atomic mass is 10.0. The molecular formula is C26H20BrN3O3S. The molecule has 1 aliphatic rings. The largest absolute Gasteiger partial charge is 0.465 e. The Morgan fingerprint density at radius 3 is 2.65 bits per heavy atom. The van der Waals surface area contributed by atoms with E-state index in [1.807, 2.05) is 60.7 Å². The van der Waals surface area contributed by atoms with Crippen LogP contribution >= 0.6 is 28.1 Å². The number of thiocarbonyl (C=S) groups is 1. The fraction of sp³-hybridized carbons (Fsp3) is 0.115. The van der Waals surface area contributed by atoms with Crippen molar-refractivity contribution in [3.05, 3.63) is 107 Å². The smallest absolute Gasteiger partial charge is 0.337 e. The number of aromatic nitrogens is 1. The minimum absolute atomic E-state index is 0.210. The van der Waals surface area contributed by atoms with Crippen molar-refractivity contribution in [2.75, 3.05) is 12.0 Å². The summed E-state index contributed by atoms with van der Waals surface area (Å²) in [5.41, 5.74) is 3.05. The molecule has 6 nitrogen and oxygen atoms in total. The number of methoxy groups -OCH3 is 1. The molecule has 1 N–H and O–H groups in total. The molecule has 0 amide bonds. The van der Waals surface area contributed by atoms with Crippen LogP contribution in [0.3, 0.4) is 0 Å². The third kappa shape index (κ3) is 4.22. The lowest BCUT2D eigenvalue weighted by Gasteiger charge is -2.26. The van der Waals surface area contributed by atoms with E-state index in [-0.39, 0.29) is 12.1 Å². The molecule has 8 heteroatoms. The average Bonchev–Trinajstić information content (AvgIpc) is 3.49. The van der Waals surface area contributed by atoms with E-state index in [2.05, 4.69) is 31.1 Å². The highest BCUT2D eigenvalue weighted by atomic mass is 79.9. The lowest BCUT2D eigenvalue weighted by molar-refractivity contribution is 0.0601. The standard InChI is InChI=1S/C26H20BrN3O3S/c1-32-25(31)17-6-4-5-16(15-17)21-12-13-22(33-21)24-23(20-7-2-3-14-28-20)29-26(34)30(24)19-10-8-18(27)9-11-19/h2-15,23-24H,1H3,(H,29,34). The Morgan fingerprint density at radius 2 is 1.91 bits per heavy atom. The van der Waals surface area contributed by atoms with Gasteiger partial charge in [-0.05, 0) is 72.9 Å². The van der Waals surface area contributed by atoms with Crippen LogP contribution in [0.25, 0.3) is 11.3 Å². The Labute approximate surface area is 210 Å². The first-order valence-corrected chi connectivity index (χ1v) is 11.8. The van der Waals surface area contributed by atoms with Crippen molar-refractivity contribution in [2.45, 2.75) is 12.1 Å². The fourth-order valence-electron chi connectivity index (χ4n) is 4.11. The summed E-state index contributed by atoms with van der Waals surface area (Å²) in [6.07, 6.45) is 1.77. The molecule has 0 radical (unpaired) electrons. The number of carbonyl (C=O) groups excluding carboxylic acids is 1. The second-order valence-electron chi connectivity index (χ2n) is 7.75. The van der Waals surface area contributed by atoms with Crippen LogP contribution in [0.1, 0.15) is 33.9 Å². The van der Waals surface area contributed by atoms with Crippen molar-refractivity contribution in [3.63, 3.8) is 0 Å². The van der Waals surface area contributed by atoms with Crippen LogP contribution in [-0.4, -0.2) is 23.2 Å². The van der Waals surface area contributed by atoms with Gasteiger partial charge in [-0.2, -0.15) is 0 Å².